The van der Waals surface area contributed by atoms with E-state index in [9.17, 15) is 13.6 Å². The van der Waals surface area contributed by atoms with E-state index in [2.05, 4.69) is 5.32 Å². The van der Waals surface area contributed by atoms with E-state index in [4.69, 9.17) is 21.1 Å². The summed E-state index contributed by atoms with van der Waals surface area (Å²) in [5, 5.41) is 2.02. The fourth-order valence-corrected chi connectivity index (χ4v) is 2.61. The van der Waals surface area contributed by atoms with Gasteiger partial charge in [0.2, 0.25) is 0 Å². The number of hydrogen-bond acceptors (Lipinski definition) is 3. The SMILES string of the molecule is O=C(NC1COc2c(cc(F)c(Cl)c2F)C1)OCc1ccccc1. The fraction of sp³-hybridized carbons (Fsp3) is 0.235. The van der Waals surface area contributed by atoms with Crippen LogP contribution in [-0.2, 0) is 17.8 Å². The van der Waals surface area contributed by atoms with Gasteiger partial charge in [0.15, 0.2) is 11.6 Å². The summed E-state index contributed by atoms with van der Waals surface area (Å²) in [4.78, 5) is 11.8. The minimum Gasteiger partial charge on any atom is -0.488 e. The second kappa shape index (κ2) is 7.05. The molecule has 1 heterocycles. The summed E-state index contributed by atoms with van der Waals surface area (Å²) >= 11 is 5.52. The molecule has 4 nitrogen and oxygen atoms in total. The third-order valence-electron chi connectivity index (χ3n) is 3.62. The van der Waals surface area contributed by atoms with Crippen LogP contribution < -0.4 is 10.1 Å². The van der Waals surface area contributed by atoms with Gasteiger partial charge < -0.3 is 14.8 Å². The number of amides is 1. The van der Waals surface area contributed by atoms with E-state index < -0.39 is 28.8 Å². The molecular formula is C17H14ClF2NO3. The van der Waals surface area contributed by atoms with Crippen LogP contribution in [0.5, 0.6) is 5.75 Å². The first kappa shape index (κ1) is 16.5. The van der Waals surface area contributed by atoms with Crippen LogP contribution in [0.2, 0.25) is 5.02 Å². The van der Waals surface area contributed by atoms with E-state index >= 15 is 0 Å². The van der Waals surface area contributed by atoms with Gasteiger partial charge in [-0.2, -0.15) is 0 Å². The highest BCUT2D eigenvalue weighted by Gasteiger charge is 2.27. The lowest BCUT2D eigenvalue weighted by Crippen LogP contribution is -2.43. The van der Waals surface area contributed by atoms with Crippen molar-refractivity contribution in [3.63, 3.8) is 0 Å². The third kappa shape index (κ3) is 3.59. The molecule has 1 aliphatic heterocycles. The predicted molar refractivity (Wildman–Crippen MR) is 84.1 cm³/mol. The van der Waals surface area contributed by atoms with Crippen LogP contribution in [-0.4, -0.2) is 18.7 Å². The zero-order valence-electron chi connectivity index (χ0n) is 12.5. The van der Waals surface area contributed by atoms with Crippen molar-refractivity contribution >= 4 is 17.7 Å². The van der Waals surface area contributed by atoms with Crippen LogP contribution in [0.15, 0.2) is 36.4 Å². The first-order valence-electron chi connectivity index (χ1n) is 7.31. The molecule has 0 aliphatic carbocycles. The van der Waals surface area contributed by atoms with Crippen molar-refractivity contribution < 1.29 is 23.0 Å². The molecule has 0 bridgehead atoms. The molecule has 0 spiro atoms. The first-order valence-corrected chi connectivity index (χ1v) is 7.68. The van der Waals surface area contributed by atoms with Crippen molar-refractivity contribution in [2.75, 3.05) is 6.61 Å². The molecule has 1 aliphatic rings. The number of rotatable bonds is 3. The number of nitrogens with one attached hydrogen (secondary N) is 1. The van der Waals surface area contributed by atoms with Gasteiger partial charge >= 0.3 is 6.09 Å². The molecule has 0 saturated carbocycles. The van der Waals surface area contributed by atoms with E-state index in [1.54, 1.807) is 0 Å². The number of benzene rings is 2. The van der Waals surface area contributed by atoms with Gasteiger partial charge in [-0.25, -0.2) is 13.6 Å². The van der Waals surface area contributed by atoms with Crippen molar-refractivity contribution in [3.05, 3.63) is 64.2 Å². The molecule has 126 valence electrons. The van der Waals surface area contributed by atoms with Crippen molar-refractivity contribution in [1.29, 1.82) is 0 Å². The lowest BCUT2D eigenvalue weighted by molar-refractivity contribution is 0.128. The smallest absolute Gasteiger partial charge is 0.407 e. The molecule has 1 unspecified atom stereocenters. The van der Waals surface area contributed by atoms with E-state index in [1.165, 1.54) is 0 Å². The van der Waals surface area contributed by atoms with Gasteiger partial charge in [0.1, 0.15) is 24.1 Å². The van der Waals surface area contributed by atoms with Crippen LogP contribution in [0.4, 0.5) is 13.6 Å². The highest BCUT2D eigenvalue weighted by atomic mass is 35.5. The molecular weight excluding hydrogens is 340 g/mol. The Hall–Kier alpha value is -2.34. The number of carbonyl (C=O) groups is 1. The number of fused-ring (bicyclic) bond motifs is 1. The summed E-state index contributed by atoms with van der Waals surface area (Å²) in [5.41, 5.74) is 1.17. The molecule has 3 rings (SSSR count). The second-order valence-electron chi connectivity index (χ2n) is 5.39. The van der Waals surface area contributed by atoms with Gasteiger partial charge in [-0.1, -0.05) is 41.9 Å². The van der Waals surface area contributed by atoms with E-state index in [0.29, 0.717) is 5.56 Å². The molecule has 7 heteroatoms. The summed E-state index contributed by atoms with van der Waals surface area (Å²) in [7, 11) is 0. The Bertz CT molecular complexity index is 755. The number of halogens is 3. The van der Waals surface area contributed by atoms with Gasteiger partial charge in [0, 0.05) is 5.56 Å². The summed E-state index contributed by atoms with van der Waals surface area (Å²) in [5.74, 6) is -1.85. The van der Waals surface area contributed by atoms with Crippen LogP contribution >= 0.6 is 11.6 Å². The highest BCUT2D eigenvalue weighted by Crippen LogP contribution is 2.34. The maximum absolute atomic E-state index is 13.8. The fourth-order valence-electron chi connectivity index (χ4n) is 2.47. The van der Waals surface area contributed by atoms with Crippen molar-refractivity contribution in [1.82, 2.24) is 5.32 Å². The Balaban J connectivity index is 1.59. The molecule has 1 N–H and O–H groups in total. The van der Waals surface area contributed by atoms with E-state index in [0.717, 1.165) is 11.6 Å². The minimum absolute atomic E-state index is 0.0479. The Morgan fingerprint density at radius 2 is 2.08 bits per heavy atom. The van der Waals surface area contributed by atoms with Crippen LogP contribution in [0.1, 0.15) is 11.1 Å². The third-order valence-corrected chi connectivity index (χ3v) is 3.97. The van der Waals surface area contributed by atoms with Crippen molar-refractivity contribution in [2.24, 2.45) is 0 Å². The second-order valence-corrected chi connectivity index (χ2v) is 5.77. The highest BCUT2D eigenvalue weighted by molar-refractivity contribution is 6.31. The Labute approximate surface area is 142 Å². The average molecular weight is 354 g/mol. The van der Waals surface area contributed by atoms with E-state index in [1.807, 2.05) is 30.3 Å². The first-order chi connectivity index (χ1) is 11.5. The maximum Gasteiger partial charge on any atom is 0.407 e. The summed E-state index contributed by atoms with van der Waals surface area (Å²) in [6.07, 6.45) is -0.397. The van der Waals surface area contributed by atoms with Gasteiger partial charge in [-0.3, -0.25) is 0 Å². The molecule has 0 fully saturated rings. The van der Waals surface area contributed by atoms with E-state index in [-0.39, 0.29) is 25.4 Å². The van der Waals surface area contributed by atoms with Crippen molar-refractivity contribution in [3.8, 4) is 5.75 Å². The molecule has 1 amide bonds. The molecule has 0 saturated heterocycles. The number of hydrogen-bond donors (Lipinski definition) is 1. The molecule has 0 radical (unpaired) electrons. The Kier molecular flexibility index (Phi) is 4.85. The summed E-state index contributed by atoms with van der Waals surface area (Å²) in [6, 6.07) is 9.90. The Morgan fingerprint density at radius 3 is 2.83 bits per heavy atom. The van der Waals surface area contributed by atoms with Gasteiger partial charge in [0.25, 0.3) is 0 Å². The number of alkyl carbamates (subject to hydrolysis) is 1. The lowest BCUT2D eigenvalue weighted by atomic mass is 10.0. The zero-order chi connectivity index (χ0) is 17.1. The molecule has 2 aromatic rings. The predicted octanol–water partition coefficient (Wildman–Crippen LogP) is 3.85. The summed E-state index contributed by atoms with van der Waals surface area (Å²) in [6.45, 7) is 0.183. The average Bonchev–Trinajstić information content (AvgIpc) is 2.59. The Morgan fingerprint density at radius 1 is 1.33 bits per heavy atom. The molecule has 0 aromatic heterocycles. The van der Waals surface area contributed by atoms with Crippen LogP contribution in [0, 0.1) is 11.6 Å². The largest absolute Gasteiger partial charge is 0.488 e. The van der Waals surface area contributed by atoms with Crippen LogP contribution in [0.25, 0.3) is 0 Å². The minimum atomic E-state index is -0.920. The monoisotopic (exact) mass is 353 g/mol. The van der Waals surface area contributed by atoms with Crippen LogP contribution in [0.3, 0.4) is 0 Å². The quantitative estimate of drug-likeness (QED) is 0.853. The van der Waals surface area contributed by atoms with Gasteiger partial charge in [-0.15, -0.1) is 0 Å². The zero-order valence-corrected chi connectivity index (χ0v) is 13.3. The molecule has 1 atom stereocenters. The van der Waals surface area contributed by atoms with Crippen molar-refractivity contribution in [2.45, 2.75) is 19.1 Å². The normalized spacial score (nSPS) is 16.0. The number of ether oxygens (including phenoxy) is 2. The van der Waals surface area contributed by atoms with Gasteiger partial charge in [-0.05, 0) is 18.1 Å². The summed E-state index contributed by atoms with van der Waals surface area (Å²) < 4.78 is 37.7. The lowest BCUT2D eigenvalue weighted by Gasteiger charge is -2.26. The topological polar surface area (TPSA) is 47.6 Å². The number of carbonyl (C=O) groups excluding carboxylic acids is 1. The van der Waals surface area contributed by atoms with Gasteiger partial charge in [0.05, 0.1) is 6.04 Å². The molecule has 24 heavy (non-hydrogen) atoms. The maximum atomic E-state index is 13.8. The standard InChI is InChI=1S/C17H14ClF2NO3/c18-14-13(19)7-11-6-12(9-23-16(11)15(14)20)21-17(22)24-8-10-4-2-1-3-5-10/h1-5,7,12H,6,8-9H2,(H,21,22). The molecule has 2 aromatic carbocycles.